The summed E-state index contributed by atoms with van der Waals surface area (Å²) in [6, 6.07) is 6.11. The Hall–Kier alpha value is -0.450. The molecule has 3 heteroatoms. The fourth-order valence-electron chi connectivity index (χ4n) is 1.62. The van der Waals surface area contributed by atoms with Crippen LogP contribution in [0.4, 0.5) is 11.4 Å². The SMILES string of the molecule is CCN(CC(C)C)c1ccc(N)cc1I. The van der Waals surface area contributed by atoms with E-state index in [2.05, 4.69) is 54.3 Å². The van der Waals surface area contributed by atoms with E-state index in [9.17, 15) is 0 Å². The normalized spacial score (nSPS) is 10.7. The highest BCUT2D eigenvalue weighted by Crippen LogP contribution is 2.25. The average Bonchev–Trinajstić information content (AvgIpc) is 2.14. The Labute approximate surface area is 106 Å². The van der Waals surface area contributed by atoms with Crippen LogP contribution in [0.15, 0.2) is 18.2 Å². The molecule has 15 heavy (non-hydrogen) atoms. The lowest BCUT2D eigenvalue weighted by molar-refractivity contribution is 0.618. The predicted octanol–water partition coefficient (Wildman–Crippen LogP) is 3.36. The molecule has 0 aliphatic carbocycles. The first-order chi connectivity index (χ1) is 7.04. The van der Waals surface area contributed by atoms with Crippen LogP contribution in [-0.4, -0.2) is 13.1 Å². The molecule has 2 nitrogen and oxygen atoms in total. The first-order valence-corrected chi connectivity index (χ1v) is 6.42. The Morgan fingerprint density at radius 3 is 2.53 bits per heavy atom. The Morgan fingerprint density at radius 1 is 1.40 bits per heavy atom. The van der Waals surface area contributed by atoms with E-state index in [0.29, 0.717) is 5.92 Å². The molecular formula is C12H19IN2. The summed E-state index contributed by atoms with van der Waals surface area (Å²) in [6.07, 6.45) is 0. The van der Waals surface area contributed by atoms with Crippen molar-refractivity contribution in [2.24, 2.45) is 5.92 Å². The van der Waals surface area contributed by atoms with E-state index in [4.69, 9.17) is 5.73 Å². The van der Waals surface area contributed by atoms with Crippen LogP contribution in [0, 0.1) is 9.49 Å². The molecule has 0 fully saturated rings. The molecule has 0 heterocycles. The molecule has 1 aromatic rings. The molecule has 1 aromatic carbocycles. The van der Waals surface area contributed by atoms with Crippen LogP contribution in [0.1, 0.15) is 20.8 Å². The Kier molecular flexibility index (Phi) is 4.70. The molecule has 0 amide bonds. The van der Waals surface area contributed by atoms with Gasteiger partial charge in [0.1, 0.15) is 0 Å². The van der Waals surface area contributed by atoms with Gasteiger partial charge in [-0.05, 0) is 53.6 Å². The number of hydrogen-bond donors (Lipinski definition) is 1. The minimum absolute atomic E-state index is 0.679. The highest BCUT2D eigenvalue weighted by molar-refractivity contribution is 14.1. The molecule has 0 radical (unpaired) electrons. The highest BCUT2D eigenvalue weighted by atomic mass is 127. The lowest BCUT2D eigenvalue weighted by Crippen LogP contribution is -2.27. The quantitative estimate of drug-likeness (QED) is 0.681. The zero-order valence-electron chi connectivity index (χ0n) is 9.63. The third-order valence-electron chi connectivity index (χ3n) is 2.28. The number of nitrogen functional groups attached to an aromatic ring is 1. The number of halogens is 1. The molecule has 0 aliphatic rings. The number of nitrogens with two attached hydrogens (primary N) is 1. The lowest BCUT2D eigenvalue weighted by Gasteiger charge is -2.26. The minimum atomic E-state index is 0.679. The molecule has 0 spiro atoms. The number of anilines is 2. The van der Waals surface area contributed by atoms with Gasteiger partial charge in [0.25, 0.3) is 0 Å². The molecule has 0 saturated carbocycles. The van der Waals surface area contributed by atoms with Crippen molar-refractivity contribution in [1.29, 1.82) is 0 Å². The summed E-state index contributed by atoms with van der Waals surface area (Å²) in [5.41, 5.74) is 7.88. The number of rotatable bonds is 4. The van der Waals surface area contributed by atoms with E-state index in [0.717, 1.165) is 18.8 Å². The third kappa shape index (κ3) is 3.55. The maximum Gasteiger partial charge on any atom is 0.0503 e. The molecule has 2 N–H and O–H groups in total. The molecule has 1 rings (SSSR count). The second-order valence-electron chi connectivity index (χ2n) is 4.14. The van der Waals surface area contributed by atoms with E-state index in [1.54, 1.807) is 0 Å². The number of hydrogen-bond acceptors (Lipinski definition) is 2. The second kappa shape index (κ2) is 5.58. The van der Waals surface area contributed by atoms with E-state index in [1.807, 2.05) is 12.1 Å². The maximum absolute atomic E-state index is 5.75. The number of nitrogens with zero attached hydrogens (tertiary/aromatic N) is 1. The van der Waals surface area contributed by atoms with Gasteiger partial charge in [-0.3, -0.25) is 0 Å². The zero-order valence-corrected chi connectivity index (χ0v) is 11.8. The summed E-state index contributed by atoms with van der Waals surface area (Å²) in [5, 5.41) is 0. The van der Waals surface area contributed by atoms with Crippen molar-refractivity contribution in [2.75, 3.05) is 23.7 Å². The summed E-state index contributed by atoms with van der Waals surface area (Å²) in [4.78, 5) is 2.39. The van der Waals surface area contributed by atoms with Gasteiger partial charge in [0.2, 0.25) is 0 Å². The minimum Gasteiger partial charge on any atom is -0.399 e. The van der Waals surface area contributed by atoms with E-state index in [1.165, 1.54) is 9.26 Å². The first-order valence-electron chi connectivity index (χ1n) is 5.34. The third-order valence-corrected chi connectivity index (χ3v) is 3.14. The van der Waals surface area contributed by atoms with Crippen LogP contribution in [-0.2, 0) is 0 Å². The van der Waals surface area contributed by atoms with Crippen LogP contribution in [0.3, 0.4) is 0 Å². The summed E-state index contributed by atoms with van der Waals surface area (Å²) < 4.78 is 1.23. The van der Waals surface area contributed by atoms with E-state index in [-0.39, 0.29) is 0 Å². The molecule has 0 saturated heterocycles. The van der Waals surface area contributed by atoms with Crippen LogP contribution >= 0.6 is 22.6 Å². The summed E-state index contributed by atoms with van der Waals surface area (Å²) in [5.74, 6) is 0.679. The van der Waals surface area contributed by atoms with Crippen molar-refractivity contribution < 1.29 is 0 Å². The Morgan fingerprint density at radius 2 is 2.07 bits per heavy atom. The maximum atomic E-state index is 5.75. The standard InChI is InChI=1S/C12H19IN2/c1-4-15(8-9(2)3)12-6-5-10(14)7-11(12)13/h5-7,9H,4,8,14H2,1-3H3. The summed E-state index contributed by atoms with van der Waals surface area (Å²) >= 11 is 2.35. The van der Waals surface area contributed by atoms with Gasteiger partial charge in [-0.2, -0.15) is 0 Å². The molecule has 0 aliphatic heterocycles. The van der Waals surface area contributed by atoms with Crippen molar-refractivity contribution in [2.45, 2.75) is 20.8 Å². The zero-order chi connectivity index (χ0) is 11.4. The van der Waals surface area contributed by atoms with Crippen LogP contribution < -0.4 is 10.6 Å². The Bertz CT molecular complexity index is 323. The van der Waals surface area contributed by atoms with E-state index < -0.39 is 0 Å². The molecule has 84 valence electrons. The molecule has 0 atom stereocenters. The smallest absolute Gasteiger partial charge is 0.0503 e. The van der Waals surface area contributed by atoms with Gasteiger partial charge in [0.05, 0.1) is 5.69 Å². The fraction of sp³-hybridized carbons (Fsp3) is 0.500. The van der Waals surface area contributed by atoms with Crippen molar-refractivity contribution in [3.05, 3.63) is 21.8 Å². The van der Waals surface area contributed by atoms with Gasteiger partial charge in [-0.15, -0.1) is 0 Å². The van der Waals surface area contributed by atoms with Crippen molar-refractivity contribution >= 4 is 34.0 Å². The van der Waals surface area contributed by atoms with E-state index >= 15 is 0 Å². The van der Waals surface area contributed by atoms with Gasteiger partial charge in [-0.25, -0.2) is 0 Å². The van der Waals surface area contributed by atoms with Gasteiger partial charge in [-0.1, -0.05) is 13.8 Å². The van der Waals surface area contributed by atoms with Gasteiger partial charge in [0.15, 0.2) is 0 Å². The van der Waals surface area contributed by atoms with Crippen LogP contribution in [0.5, 0.6) is 0 Å². The number of benzene rings is 1. The van der Waals surface area contributed by atoms with Crippen molar-refractivity contribution in [3.8, 4) is 0 Å². The molecule has 0 bridgehead atoms. The predicted molar refractivity (Wildman–Crippen MR) is 76.3 cm³/mol. The topological polar surface area (TPSA) is 29.3 Å². The summed E-state index contributed by atoms with van der Waals surface area (Å²) in [6.45, 7) is 8.81. The van der Waals surface area contributed by atoms with Gasteiger partial charge >= 0.3 is 0 Å². The lowest BCUT2D eigenvalue weighted by atomic mass is 10.2. The van der Waals surface area contributed by atoms with Gasteiger partial charge in [0, 0.05) is 22.3 Å². The van der Waals surface area contributed by atoms with Crippen molar-refractivity contribution in [3.63, 3.8) is 0 Å². The highest BCUT2D eigenvalue weighted by Gasteiger charge is 2.09. The second-order valence-corrected chi connectivity index (χ2v) is 5.31. The Balaban J connectivity index is 2.91. The fourth-order valence-corrected chi connectivity index (χ4v) is 2.50. The van der Waals surface area contributed by atoms with Crippen LogP contribution in [0.2, 0.25) is 0 Å². The van der Waals surface area contributed by atoms with Gasteiger partial charge < -0.3 is 10.6 Å². The summed E-state index contributed by atoms with van der Waals surface area (Å²) in [7, 11) is 0. The first kappa shape index (κ1) is 12.6. The van der Waals surface area contributed by atoms with Crippen LogP contribution in [0.25, 0.3) is 0 Å². The van der Waals surface area contributed by atoms with Crippen molar-refractivity contribution in [1.82, 2.24) is 0 Å². The molecule has 0 aromatic heterocycles. The molecular weight excluding hydrogens is 299 g/mol. The molecule has 0 unspecified atom stereocenters. The largest absolute Gasteiger partial charge is 0.399 e. The average molecular weight is 318 g/mol. The monoisotopic (exact) mass is 318 g/mol.